The van der Waals surface area contributed by atoms with Crippen LogP contribution in [0.1, 0.15) is 39.5 Å². The predicted molar refractivity (Wildman–Crippen MR) is 79.6 cm³/mol. The number of carbonyl (C=O) groups excluding carboxylic acids is 1. The van der Waals surface area contributed by atoms with Crippen LogP contribution in [0.15, 0.2) is 0 Å². The van der Waals surface area contributed by atoms with Crippen LogP contribution in [0.5, 0.6) is 0 Å². The fourth-order valence-corrected chi connectivity index (χ4v) is 3.52. The number of aliphatic hydroxyl groups is 1. The molecule has 8 nitrogen and oxygen atoms in total. The lowest BCUT2D eigenvalue weighted by atomic mass is 9.88. The van der Waals surface area contributed by atoms with E-state index in [2.05, 4.69) is 17.0 Å². The van der Waals surface area contributed by atoms with Crippen LogP contribution in [0.4, 0.5) is 0 Å². The van der Waals surface area contributed by atoms with E-state index in [1.807, 2.05) is 0 Å². The molecule has 0 aromatic carbocycles. The topological polar surface area (TPSA) is 133 Å². The lowest BCUT2D eigenvalue weighted by molar-refractivity contribution is -0.156. The molecule has 0 bridgehead atoms. The molecule has 0 aliphatic heterocycles. The second-order valence-electron chi connectivity index (χ2n) is 6.19. The fourth-order valence-electron chi connectivity index (χ4n) is 2.24. The summed E-state index contributed by atoms with van der Waals surface area (Å²) in [6.07, 6.45) is 3.38. The Morgan fingerprint density at radius 1 is 1.23 bits per heavy atom. The molecule has 1 unspecified atom stereocenters. The number of carbonyl (C=O) groups is 2. The predicted octanol–water partition coefficient (Wildman–Crippen LogP) is -0.564. The van der Waals surface area contributed by atoms with E-state index in [0.29, 0.717) is 5.92 Å². The Bertz CT molecular complexity index is 509. The summed E-state index contributed by atoms with van der Waals surface area (Å²) >= 11 is 0. The highest BCUT2D eigenvalue weighted by Gasteiger charge is 2.31. The second-order valence-corrected chi connectivity index (χ2v) is 7.94. The quantitative estimate of drug-likeness (QED) is 0.492. The zero-order chi connectivity index (χ0) is 17.0. The maximum Gasteiger partial charge on any atom is 0.337 e. The molecule has 1 fully saturated rings. The van der Waals surface area contributed by atoms with E-state index in [1.54, 1.807) is 0 Å². The summed E-state index contributed by atoms with van der Waals surface area (Å²) in [6, 6.07) is -0.156. The van der Waals surface area contributed by atoms with Gasteiger partial charge in [0.15, 0.2) is 5.60 Å². The highest BCUT2D eigenvalue weighted by Crippen LogP contribution is 2.23. The van der Waals surface area contributed by atoms with E-state index >= 15 is 0 Å². The number of rotatable bonds is 7. The molecule has 4 N–H and O–H groups in total. The molecule has 0 saturated heterocycles. The third-order valence-corrected chi connectivity index (χ3v) is 5.11. The largest absolute Gasteiger partial charge is 0.479 e. The molecule has 0 aromatic heterocycles. The molecule has 128 valence electrons. The van der Waals surface area contributed by atoms with Crippen LogP contribution in [-0.4, -0.2) is 54.4 Å². The molecule has 1 amide bonds. The van der Waals surface area contributed by atoms with Crippen LogP contribution in [0.3, 0.4) is 0 Å². The Balaban J connectivity index is 2.44. The molecule has 22 heavy (non-hydrogen) atoms. The van der Waals surface area contributed by atoms with Gasteiger partial charge in [-0.15, -0.1) is 0 Å². The first-order valence-corrected chi connectivity index (χ1v) is 8.89. The number of amides is 1. The van der Waals surface area contributed by atoms with Crippen molar-refractivity contribution in [3.63, 3.8) is 0 Å². The summed E-state index contributed by atoms with van der Waals surface area (Å²) in [5.74, 6) is -2.54. The van der Waals surface area contributed by atoms with Crippen molar-refractivity contribution >= 4 is 21.9 Å². The second kappa shape index (κ2) is 7.38. The molecular formula is C13H24N2O6S. The van der Waals surface area contributed by atoms with Crippen LogP contribution >= 0.6 is 0 Å². The van der Waals surface area contributed by atoms with Gasteiger partial charge in [-0.05, 0) is 38.5 Å². The molecule has 1 saturated carbocycles. The van der Waals surface area contributed by atoms with Gasteiger partial charge in [-0.25, -0.2) is 17.9 Å². The lowest BCUT2D eigenvalue weighted by Crippen LogP contribution is -2.49. The summed E-state index contributed by atoms with van der Waals surface area (Å²) in [5, 5.41) is 20.3. The third-order valence-electron chi connectivity index (χ3n) is 3.77. The molecule has 0 spiro atoms. The third kappa shape index (κ3) is 6.29. The van der Waals surface area contributed by atoms with Gasteiger partial charge in [-0.1, -0.05) is 6.92 Å². The first kappa shape index (κ1) is 18.9. The van der Waals surface area contributed by atoms with Crippen molar-refractivity contribution in [2.75, 3.05) is 12.3 Å². The fraction of sp³-hybridized carbons (Fsp3) is 0.846. The maximum absolute atomic E-state index is 11.9. The number of sulfonamides is 1. The molecule has 1 atom stereocenters. The summed E-state index contributed by atoms with van der Waals surface area (Å²) < 4.78 is 26.3. The number of hydrogen-bond donors (Lipinski definition) is 4. The van der Waals surface area contributed by atoms with Crippen LogP contribution < -0.4 is 10.0 Å². The Morgan fingerprint density at radius 2 is 1.77 bits per heavy atom. The zero-order valence-electron chi connectivity index (χ0n) is 12.8. The van der Waals surface area contributed by atoms with Crippen molar-refractivity contribution in [2.45, 2.75) is 51.2 Å². The summed E-state index contributed by atoms with van der Waals surface area (Å²) in [5.41, 5.74) is -2.13. The molecule has 1 aliphatic rings. The van der Waals surface area contributed by atoms with Crippen LogP contribution in [-0.2, 0) is 19.6 Å². The van der Waals surface area contributed by atoms with Gasteiger partial charge in [0.1, 0.15) is 5.75 Å². The molecule has 1 rings (SSSR count). The van der Waals surface area contributed by atoms with Gasteiger partial charge in [-0.3, -0.25) is 4.79 Å². The number of carboxylic acid groups (broad SMARTS) is 1. The molecule has 0 radical (unpaired) electrons. The highest BCUT2D eigenvalue weighted by atomic mass is 32.2. The van der Waals surface area contributed by atoms with E-state index in [4.69, 9.17) is 5.11 Å². The number of aliphatic carboxylic acids is 1. The van der Waals surface area contributed by atoms with Crippen LogP contribution in [0.25, 0.3) is 0 Å². The van der Waals surface area contributed by atoms with E-state index in [-0.39, 0.29) is 6.04 Å². The minimum Gasteiger partial charge on any atom is -0.479 e. The Kier molecular flexibility index (Phi) is 6.33. The van der Waals surface area contributed by atoms with Crippen molar-refractivity contribution < 1.29 is 28.2 Å². The summed E-state index contributed by atoms with van der Waals surface area (Å²) in [7, 11) is -3.78. The van der Waals surface area contributed by atoms with Gasteiger partial charge < -0.3 is 15.5 Å². The molecule has 9 heteroatoms. The number of carboxylic acids is 1. The molecular weight excluding hydrogens is 312 g/mol. The van der Waals surface area contributed by atoms with Crippen molar-refractivity contribution in [1.29, 1.82) is 0 Å². The average molecular weight is 336 g/mol. The van der Waals surface area contributed by atoms with Crippen molar-refractivity contribution in [3.8, 4) is 0 Å². The SMILES string of the molecule is CC1CCC(NS(=O)(=O)CC(=O)NCC(C)(O)C(=O)O)CC1. The van der Waals surface area contributed by atoms with Gasteiger partial charge in [0.05, 0.1) is 6.54 Å². The molecule has 0 heterocycles. The Hall–Kier alpha value is -1.19. The van der Waals surface area contributed by atoms with Crippen LogP contribution in [0, 0.1) is 5.92 Å². The van der Waals surface area contributed by atoms with Crippen molar-refractivity contribution in [2.24, 2.45) is 5.92 Å². The van der Waals surface area contributed by atoms with E-state index < -0.39 is 39.8 Å². The van der Waals surface area contributed by atoms with Crippen molar-refractivity contribution in [1.82, 2.24) is 10.0 Å². The minimum absolute atomic E-state index is 0.156. The Morgan fingerprint density at radius 3 is 2.27 bits per heavy atom. The summed E-state index contributed by atoms with van der Waals surface area (Å²) in [4.78, 5) is 22.3. The van der Waals surface area contributed by atoms with Gasteiger partial charge in [0, 0.05) is 6.04 Å². The van der Waals surface area contributed by atoms with Gasteiger partial charge in [0.25, 0.3) is 0 Å². The summed E-state index contributed by atoms with van der Waals surface area (Å²) in [6.45, 7) is 2.58. The van der Waals surface area contributed by atoms with E-state index in [9.17, 15) is 23.1 Å². The van der Waals surface area contributed by atoms with E-state index in [0.717, 1.165) is 32.6 Å². The van der Waals surface area contributed by atoms with Gasteiger partial charge in [-0.2, -0.15) is 0 Å². The first-order chi connectivity index (χ1) is 10.0. The normalized spacial score (nSPS) is 25.2. The monoisotopic (exact) mass is 336 g/mol. The van der Waals surface area contributed by atoms with Crippen molar-refractivity contribution in [3.05, 3.63) is 0 Å². The number of nitrogens with one attached hydrogen (secondary N) is 2. The Labute approximate surface area is 130 Å². The zero-order valence-corrected chi connectivity index (χ0v) is 13.6. The average Bonchev–Trinajstić information content (AvgIpc) is 2.38. The lowest BCUT2D eigenvalue weighted by Gasteiger charge is -2.26. The van der Waals surface area contributed by atoms with Crippen LogP contribution in [0.2, 0.25) is 0 Å². The number of hydrogen-bond acceptors (Lipinski definition) is 5. The molecule has 1 aliphatic carbocycles. The smallest absolute Gasteiger partial charge is 0.337 e. The van der Waals surface area contributed by atoms with Gasteiger partial charge in [0.2, 0.25) is 15.9 Å². The van der Waals surface area contributed by atoms with Gasteiger partial charge >= 0.3 is 5.97 Å². The minimum atomic E-state index is -3.78. The maximum atomic E-state index is 11.9. The standard InChI is InChI=1S/C13H24N2O6S/c1-9-3-5-10(6-4-9)15-22(20,21)7-11(16)14-8-13(2,19)12(17)18/h9-10,15,19H,3-8H2,1-2H3,(H,14,16)(H,17,18). The molecule has 0 aromatic rings. The highest BCUT2D eigenvalue weighted by molar-refractivity contribution is 7.90. The van der Waals surface area contributed by atoms with E-state index in [1.165, 1.54) is 0 Å². The first-order valence-electron chi connectivity index (χ1n) is 7.24.